The zero-order chi connectivity index (χ0) is 13.9. The number of pyridine rings is 1. The lowest BCUT2D eigenvalue weighted by atomic mass is 10.1. The number of nitrogens with zero attached hydrogens (tertiary/aromatic N) is 2. The number of aromatic nitrogens is 1. The fourth-order valence-corrected chi connectivity index (χ4v) is 5.35. The molecule has 19 heavy (non-hydrogen) atoms. The van der Waals surface area contributed by atoms with E-state index in [2.05, 4.69) is 36.8 Å². The van der Waals surface area contributed by atoms with Gasteiger partial charge in [-0.1, -0.05) is 28.8 Å². The zero-order valence-corrected chi connectivity index (χ0v) is 14.4. The first kappa shape index (κ1) is 15.4. The van der Waals surface area contributed by atoms with E-state index < -0.39 is 10.0 Å². The Hall–Kier alpha value is 0.0200. The van der Waals surface area contributed by atoms with Crippen molar-refractivity contribution in [1.82, 2.24) is 9.29 Å². The van der Waals surface area contributed by atoms with Gasteiger partial charge >= 0.3 is 0 Å². The van der Waals surface area contributed by atoms with Crippen LogP contribution in [0, 0.1) is 0 Å². The topological polar surface area (TPSA) is 50.3 Å². The maximum atomic E-state index is 12.7. The Kier molecular flexibility index (Phi) is 5.39. The second kappa shape index (κ2) is 6.65. The van der Waals surface area contributed by atoms with Crippen LogP contribution in [0.1, 0.15) is 25.7 Å². The summed E-state index contributed by atoms with van der Waals surface area (Å²) in [5.74, 6) is 0. The zero-order valence-electron chi connectivity index (χ0n) is 10.4. The van der Waals surface area contributed by atoms with Gasteiger partial charge in [0.25, 0.3) is 0 Å². The van der Waals surface area contributed by atoms with Gasteiger partial charge in [-0.15, -0.1) is 0 Å². The molecule has 0 N–H and O–H groups in total. The Morgan fingerprint density at radius 3 is 2.79 bits per heavy atom. The summed E-state index contributed by atoms with van der Waals surface area (Å²) in [6.45, 7) is 0.588. The molecule has 2 heterocycles. The largest absolute Gasteiger partial charge is 0.262 e. The fraction of sp³-hybridized carbons (Fsp3) is 0.583. The van der Waals surface area contributed by atoms with Crippen molar-refractivity contribution in [3.05, 3.63) is 22.9 Å². The van der Waals surface area contributed by atoms with Crippen molar-refractivity contribution < 1.29 is 8.42 Å². The Morgan fingerprint density at radius 1 is 1.32 bits per heavy atom. The summed E-state index contributed by atoms with van der Waals surface area (Å²) < 4.78 is 27.7. The van der Waals surface area contributed by atoms with Crippen molar-refractivity contribution in [3.8, 4) is 0 Å². The third-order valence-electron chi connectivity index (χ3n) is 3.29. The molecule has 0 radical (unpaired) electrons. The highest BCUT2D eigenvalue weighted by Crippen LogP contribution is 2.26. The number of halogens is 2. The molecule has 0 saturated carbocycles. The van der Waals surface area contributed by atoms with Crippen molar-refractivity contribution in [2.24, 2.45) is 0 Å². The smallest absolute Gasteiger partial charge is 0.244 e. The van der Waals surface area contributed by atoms with Crippen LogP contribution in [0.15, 0.2) is 27.8 Å². The van der Waals surface area contributed by atoms with E-state index in [1.54, 1.807) is 16.6 Å². The molecular formula is C12H16Br2N2O2S. The molecule has 0 amide bonds. The minimum Gasteiger partial charge on any atom is -0.262 e. The van der Waals surface area contributed by atoms with E-state index >= 15 is 0 Å². The Labute approximate surface area is 130 Å². The first-order chi connectivity index (χ1) is 9.05. The van der Waals surface area contributed by atoms with Crippen LogP contribution in [0.5, 0.6) is 0 Å². The van der Waals surface area contributed by atoms with Gasteiger partial charge in [-0.2, -0.15) is 4.31 Å². The molecule has 1 aliphatic heterocycles. The highest BCUT2D eigenvalue weighted by Gasteiger charge is 2.32. The van der Waals surface area contributed by atoms with E-state index in [-0.39, 0.29) is 10.9 Å². The molecule has 1 unspecified atom stereocenters. The van der Waals surface area contributed by atoms with Gasteiger partial charge in [-0.05, 0) is 34.8 Å². The van der Waals surface area contributed by atoms with Crippen LogP contribution in [-0.2, 0) is 10.0 Å². The molecule has 1 saturated heterocycles. The molecule has 1 aliphatic rings. The van der Waals surface area contributed by atoms with Crippen LogP contribution in [0.3, 0.4) is 0 Å². The highest BCUT2D eigenvalue weighted by atomic mass is 79.9. The maximum Gasteiger partial charge on any atom is 0.244 e. The molecule has 1 fully saturated rings. The molecule has 0 bridgehead atoms. The van der Waals surface area contributed by atoms with Gasteiger partial charge in [0.1, 0.15) is 4.90 Å². The molecule has 0 spiro atoms. The minimum absolute atomic E-state index is 0.0338. The Bertz CT molecular complexity index is 536. The molecule has 0 aliphatic carbocycles. The predicted molar refractivity (Wildman–Crippen MR) is 81.9 cm³/mol. The second-order valence-corrected chi connectivity index (χ2v) is 8.07. The van der Waals surface area contributed by atoms with Gasteiger partial charge in [-0.25, -0.2) is 8.42 Å². The molecule has 7 heteroatoms. The quantitative estimate of drug-likeness (QED) is 0.717. The SMILES string of the molecule is O=S(=O)(c1cncc(Br)c1)N1CCCCCC1CBr. The van der Waals surface area contributed by atoms with Gasteiger partial charge in [0, 0.05) is 34.8 Å². The fourth-order valence-electron chi connectivity index (χ4n) is 2.29. The molecular weight excluding hydrogens is 396 g/mol. The van der Waals surface area contributed by atoms with Crippen LogP contribution in [-0.4, -0.2) is 35.6 Å². The summed E-state index contributed by atoms with van der Waals surface area (Å²) in [7, 11) is -3.46. The van der Waals surface area contributed by atoms with Crippen molar-refractivity contribution >= 4 is 41.9 Å². The van der Waals surface area contributed by atoms with E-state index in [0.29, 0.717) is 16.3 Å². The first-order valence-electron chi connectivity index (χ1n) is 6.24. The third-order valence-corrected chi connectivity index (χ3v) is 6.39. The third kappa shape index (κ3) is 3.56. The number of sulfonamides is 1. The average molecular weight is 412 g/mol. The number of hydrogen-bond acceptors (Lipinski definition) is 3. The highest BCUT2D eigenvalue weighted by molar-refractivity contribution is 9.10. The van der Waals surface area contributed by atoms with Gasteiger partial charge < -0.3 is 0 Å². The van der Waals surface area contributed by atoms with E-state index in [1.807, 2.05) is 0 Å². The summed E-state index contributed by atoms with van der Waals surface area (Å²) >= 11 is 6.71. The summed E-state index contributed by atoms with van der Waals surface area (Å²) in [5, 5.41) is 0.674. The summed E-state index contributed by atoms with van der Waals surface area (Å²) in [5.41, 5.74) is 0. The lowest BCUT2D eigenvalue weighted by Gasteiger charge is -2.27. The van der Waals surface area contributed by atoms with Crippen molar-refractivity contribution in [3.63, 3.8) is 0 Å². The molecule has 0 aromatic carbocycles. The average Bonchev–Trinajstić information content (AvgIpc) is 2.64. The van der Waals surface area contributed by atoms with Crippen LogP contribution in [0.25, 0.3) is 0 Å². The number of rotatable bonds is 3. The van der Waals surface area contributed by atoms with Crippen molar-refractivity contribution in [2.75, 3.05) is 11.9 Å². The van der Waals surface area contributed by atoms with Crippen LogP contribution in [0.4, 0.5) is 0 Å². The monoisotopic (exact) mass is 410 g/mol. The Morgan fingerprint density at radius 2 is 2.11 bits per heavy atom. The second-order valence-electron chi connectivity index (χ2n) is 4.61. The van der Waals surface area contributed by atoms with Crippen LogP contribution >= 0.6 is 31.9 Å². The molecule has 1 aromatic heterocycles. The molecule has 1 aromatic rings. The van der Waals surface area contributed by atoms with E-state index in [1.165, 1.54) is 6.20 Å². The van der Waals surface area contributed by atoms with Crippen molar-refractivity contribution in [2.45, 2.75) is 36.6 Å². The number of hydrogen-bond donors (Lipinski definition) is 0. The maximum absolute atomic E-state index is 12.7. The molecule has 4 nitrogen and oxygen atoms in total. The van der Waals surface area contributed by atoms with Crippen molar-refractivity contribution in [1.29, 1.82) is 0 Å². The van der Waals surface area contributed by atoms with Gasteiger partial charge in [0.05, 0.1) is 0 Å². The summed E-state index contributed by atoms with van der Waals surface area (Å²) in [4.78, 5) is 4.21. The normalized spacial score (nSPS) is 22.1. The molecule has 2 rings (SSSR count). The molecule has 106 valence electrons. The van der Waals surface area contributed by atoms with E-state index in [9.17, 15) is 8.42 Å². The Balaban J connectivity index is 2.36. The van der Waals surface area contributed by atoms with Gasteiger partial charge in [0.15, 0.2) is 0 Å². The predicted octanol–water partition coefficient (Wildman–Crippen LogP) is 3.17. The van der Waals surface area contributed by atoms with E-state index in [0.717, 1.165) is 25.7 Å². The summed E-state index contributed by atoms with van der Waals surface area (Å²) in [6.07, 6.45) is 7.00. The standard InChI is InChI=1S/C12H16Br2N2O2S/c13-7-11-4-2-1-3-5-16(11)19(17,18)12-6-10(14)8-15-9-12/h6,8-9,11H,1-5,7H2. The first-order valence-corrected chi connectivity index (χ1v) is 9.59. The van der Waals surface area contributed by atoms with Crippen LogP contribution < -0.4 is 0 Å². The van der Waals surface area contributed by atoms with Crippen LogP contribution in [0.2, 0.25) is 0 Å². The minimum atomic E-state index is -3.46. The number of alkyl halides is 1. The lowest BCUT2D eigenvalue weighted by molar-refractivity contribution is 0.347. The van der Waals surface area contributed by atoms with Gasteiger partial charge in [0.2, 0.25) is 10.0 Å². The van der Waals surface area contributed by atoms with Gasteiger partial charge in [-0.3, -0.25) is 4.98 Å². The molecule has 1 atom stereocenters. The van der Waals surface area contributed by atoms with E-state index in [4.69, 9.17) is 0 Å². The summed E-state index contributed by atoms with van der Waals surface area (Å²) in [6, 6.07) is 1.64. The lowest BCUT2D eigenvalue weighted by Crippen LogP contribution is -2.40.